The third-order valence-corrected chi connectivity index (χ3v) is 2.23. The summed E-state index contributed by atoms with van der Waals surface area (Å²) >= 11 is 1.25. The predicted molar refractivity (Wildman–Crippen MR) is 51.8 cm³/mol. The first-order valence-corrected chi connectivity index (χ1v) is 4.66. The van der Waals surface area contributed by atoms with E-state index in [0.29, 0.717) is 5.13 Å². The molecule has 0 saturated heterocycles. The van der Waals surface area contributed by atoms with Gasteiger partial charge in [0.2, 0.25) is 5.95 Å². The number of nitrogens with zero attached hydrogens (tertiary/aromatic N) is 1. The van der Waals surface area contributed by atoms with E-state index in [1.165, 1.54) is 16.7 Å². The maximum absolute atomic E-state index is 12.5. The van der Waals surface area contributed by atoms with Crippen LogP contribution in [0.25, 0.3) is 0 Å². The van der Waals surface area contributed by atoms with E-state index < -0.39 is 5.95 Å². The number of thiazole rings is 1. The Bertz CT molecular complexity index is 386. The summed E-state index contributed by atoms with van der Waals surface area (Å²) in [7, 11) is 0. The second-order valence-electron chi connectivity index (χ2n) is 2.47. The molecule has 1 heterocycles. The average Bonchev–Trinajstić information content (AvgIpc) is 2.53. The molecular formula is C9H7FN2S. The Morgan fingerprint density at radius 2 is 2.00 bits per heavy atom. The summed E-state index contributed by atoms with van der Waals surface area (Å²) in [5, 5.41) is 4.93. The SMILES string of the molecule is Fc1csc(Nc2ccccc2)n1. The number of hydrogen-bond acceptors (Lipinski definition) is 3. The van der Waals surface area contributed by atoms with Crippen molar-refractivity contribution in [3.05, 3.63) is 41.7 Å². The zero-order chi connectivity index (χ0) is 9.10. The van der Waals surface area contributed by atoms with Gasteiger partial charge in [0.1, 0.15) is 0 Å². The van der Waals surface area contributed by atoms with Crippen LogP contribution in [-0.4, -0.2) is 4.98 Å². The lowest BCUT2D eigenvalue weighted by atomic mass is 10.3. The number of halogens is 1. The molecule has 4 heteroatoms. The van der Waals surface area contributed by atoms with Crippen LogP contribution in [0.2, 0.25) is 0 Å². The van der Waals surface area contributed by atoms with Crippen molar-refractivity contribution in [3.8, 4) is 0 Å². The summed E-state index contributed by atoms with van der Waals surface area (Å²) in [5.41, 5.74) is 0.914. The van der Waals surface area contributed by atoms with Crippen LogP contribution in [0, 0.1) is 5.95 Å². The molecule has 0 spiro atoms. The number of anilines is 2. The summed E-state index contributed by atoms with van der Waals surface area (Å²) in [5.74, 6) is -0.441. The Morgan fingerprint density at radius 1 is 1.23 bits per heavy atom. The molecule has 0 saturated carbocycles. The van der Waals surface area contributed by atoms with Crippen molar-refractivity contribution in [2.45, 2.75) is 0 Å². The molecule has 0 atom stereocenters. The molecule has 2 rings (SSSR count). The van der Waals surface area contributed by atoms with Gasteiger partial charge in [0.15, 0.2) is 5.13 Å². The highest BCUT2D eigenvalue weighted by Gasteiger charge is 1.99. The van der Waals surface area contributed by atoms with Crippen molar-refractivity contribution in [1.82, 2.24) is 4.98 Å². The molecule has 0 bridgehead atoms. The molecule has 1 aromatic heterocycles. The quantitative estimate of drug-likeness (QED) is 0.794. The van der Waals surface area contributed by atoms with Gasteiger partial charge in [-0.15, -0.1) is 11.3 Å². The predicted octanol–water partition coefficient (Wildman–Crippen LogP) is 3.03. The minimum absolute atomic E-state index is 0.441. The van der Waals surface area contributed by atoms with Crippen molar-refractivity contribution in [2.24, 2.45) is 0 Å². The number of benzene rings is 1. The van der Waals surface area contributed by atoms with Crippen LogP contribution in [0.5, 0.6) is 0 Å². The van der Waals surface area contributed by atoms with E-state index in [2.05, 4.69) is 10.3 Å². The van der Waals surface area contributed by atoms with E-state index in [1.807, 2.05) is 30.3 Å². The first kappa shape index (κ1) is 8.19. The van der Waals surface area contributed by atoms with Crippen LogP contribution in [0.3, 0.4) is 0 Å². The number of aromatic nitrogens is 1. The topological polar surface area (TPSA) is 24.9 Å². The fourth-order valence-electron chi connectivity index (χ4n) is 0.957. The van der Waals surface area contributed by atoms with Crippen LogP contribution in [0.4, 0.5) is 15.2 Å². The number of hydrogen-bond donors (Lipinski definition) is 1. The molecule has 66 valence electrons. The first-order valence-electron chi connectivity index (χ1n) is 3.78. The third-order valence-electron chi connectivity index (χ3n) is 1.50. The van der Waals surface area contributed by atoms with Crippen LogP contribution in [0.15, 0.2) is 35.7 Å². The fourth-order valence-corrected chi connectivity index (χ4v) is 1.53. The van der Waals surface area contributed by atoms with E-state index in [4.69, 9.17) is 0 Å². The average molecular weight is 194 g/mol. The zero-order valence-corrected chi connectivity index (χ0v) is 7.51. The van der Waals surface area contributed by atoms with Crippen LogP contribution in [-0.2, 0) is 0 Å². The lowest BCUT2D eigenvalue weighted by molar-refractivity contribution is 0.593. The Morgan fingerprint density at radius 3 is 2.62 bits per heavy atom. The number of para-hydroxylation sites is 1. The van der Waals surface area contributed by atoms with Crippen LogP contribution < -0.4 is 5.32 Å². The second kappa shape index (κ2) is 3.53. The summed E-state index contributed by atoms with van der Waals surface area (Å²) in [4.78, 5) is 3.65. The molecule has 0 unspecified atom stereocenters. The maximum atomic E-state index is 12.5. The summed E-state index contributed by atoms with van der Waals surface area (Å²) in [6.07, 6.45) is 0. The number of rotatable bonds is 2. The summed E-state index contributed by atoms with van der Waals surface area (Å²) in [6, 6.07) is 9.55. The highest BCUT2D eigenvalue weighted by molar-refractivity contribution is 7.13. The van der Waals surface area contributed by atoms with Crippen molar-refractivity contribution in [1.29, 1.82) is 0 Å². The van der Waals surface area contributed by atoms with Gasteiger partial charge >= 0.3 is 0 Å². The molecule has 1 N–H and O–H groups in total. The largest absolute Gasteiger partial charge is 0.331 e. The van der Waals surface area contributed by atoms with Gasteiger partial charge in [-0.25, -0.2) is 0 Å². The highest BCUT2D eigenvalue weighted by Crippen LogP contribution is 2.19. The maximum Gasteiger partial charge on any atom is 0.225 e. The Balaban J connectivity index is 2.15. The standard InChI is InChI=1S/C9H7FN2S/c10-8-6-13-9(12-8)11-7-4-2-1-3-5-7/h1-6H,(H,11,12). The Labute approximate surface area is 79.1 Å². The molecule has 0 fully saturated rings. The molecule has 2 nitrogen and oxygen atoms in total. The zero-order valence-electron chi connectivity index (χ0n) is 6.70. The van der Waals surface area contributed by atoms with Crippen LogP contribution in [0.1, 0.15) is 0 Å². The van der Waals surface area contributed by atoms with E-state index in [-0.39, 0.29) is 0 Å². The molecule has 0 aliphatic heterocycles. The van der Waals surface area contributed by atoms with Gasteiger partial charge in [-0.2, -0.15) is 9.37 Å². The minimum atomic E-state index is -0.441. The molecule has 0 aliphatic rings. The van der Waals surface area contributed by atoms with Gasteiger partial charge in [-0.05, 0) is 12.1 Å². The summed E-state index contributed by atoms with van der Waals surface area (Å²) < 4.78 is 12.5. The summed E-state index contributed by atoms with van der Waals surface area (Å²) in [6.45, 7) is 0. The van der Waals surface area contributed by atoms with Gasteiger partial charge < -0.3 is 5.32 Å². The lowest BCUT2D eigenvalue weighted by Crippen LogP contribution is -1.88. The van der Waals surface area contributed by atoms with Crippen LogP contribution >= 0.6 is 11.3 Å². The molecule has 0 aliphatic carbocycles. The van der Waals surface area contributed by atoms with Crippen molar-refractivity contribution in [2.75, 3.05) is 5.32 Å². The molecule has 0 radical (unpaired) electrons. The Hall–Kier alpha value is -1.42. The fraction of sp³-hybridized carbons (Fsp3) is 0. The van der Waals surface area contributed by atoms with Gasteiger partial charge in [0.25, 0.3) is 0 Å². The van der Waals surface area contributed by atoms with Crippen molar-refractivity contribution < 1.29 is 4.39 Å². The monoisotopic (exact) mass is 194 g/mol. The Kier molecular flexibility index (Phi) is 2.23. The van der Waals surface area contributed by atoms with E-state index in [9.17, 15) is 4.39 Å². The van der Waals surface area contributed by atoms with E-state index in [0.717, 1.165) is 5.69 Å². The van der Waals surface area contributed by atoms with Crippen molar-refractivity contribution in [3.63, 3.8) is 0 Å². The first-order chi connectivity index (χ1) is 6.34. The normalized spacial score (nSPS) is 9.92. The molecular weight excluding hydrogens is 187 g/mol. The third kappa shape index (κ3) is 2.03. The van der Waals surface area contributed by atoms with Crippen molar-refractivity contribution >= 4 is 22.2 Å². The van der Waals surface area contributed by atoms with E-state index >= 15 is 0 Å². The smallest absolute Gasteiger partial charge is 0.225 e. The van der Waals surface area contributed by atoms with Gasteiger partial charge in [0, 0.05) is 11.1 Å². The van der Waals surface area contributed by atoms with Gasteiger partial charge in [-0.1, -0.05) is 18.2 Å². The second-order valence-corrected chi connectivity index (χ2v) is 3.32. The minimum Gasteiger partial charge on any atom is -0.331 e. The molecule has 1 aromatic carbocycles. The molecule has 13 heavy (non-hydrogen) atoms. The van der Waals surface area contributed by atoms with Gasteiger partial charge in [-0.3, -0.25) is 0 Å². The van der Waals surface area contributed by atoms with Gasteiger partial charge in [0.05, 0.1) is 0 Å². The molecule has 0 amide bonds. The molecule has 2 aromatic rings. The van der Waals surface area contributed by atoms with E-state index in [1.54, 1.807) is 0 Å². The highest BCUT2D eigenvalue weighted by atomic mass is 32.1. The lowest BCUT2D eigenvalue weighted by Gasteiger charge is -1.99. The number of nitrogens with one attached hydrogen (secondary N) is 1.